The Hall–Kier alpha value is -2.17. The zero-order valence-corrected chi connectivity index (χ0v) is 15.2. The standard InChI is InChI=1S/C20H20ClN3O/c1-3-23(4-2)11-12-24-16-10-6-8-14-18(16)19(22-24)13-7-5-9-15(21)17(13)20(14)25/h5-10H,3-4,11-12H2,1-2H3. The molecule has 0 atom stereocenters. The van der Waals surface area contributed by atoms with Crippen LogP contribution in [0.3, 0.4) is 0 Å². The smallest absolute Gasteiger partial charge is 0.195 e. The summed E-state index contributed by atoms with van der Waals surface area (Å²) in [6.07, 6.45) is 0. The predicted molar refractivity (Wildman–Crippen MR) is 101 cm³/mol. The van der Waals surface area contributed by atoms with Gasteiger partial charge in [-0.25, -0.2) is 0 Å². The number of likely N-dealkylation sites (N-methyl/N-ethyl adjacent to an activating group) is 1. The Morgan fingerprint density at radius 2 is 1.80 bits per heavy atom. The maximum absolute atomic E-state index is 13.0. The fraction of sp³-hybridized carbons (Fsp3) is 0.300. The number of carbonyl (C=O) groups is 1. The van der Waals surface area contributed by atoms with Gasteiger partial charge in [0.1, 0.15) is 5.69 Å². The Bertz CT molecular complexity index is 972. The molecule has 0 amide bonds. The van der Waals surface area contributed by atoms with Gasteiger partial charge in [0.05, 0.1) is 22.6 Å². The number of fused-ring (bicyclic) bond motifs is 2. The molecule has 0 spiro atoms. The van der Waals surface area contributed by atoms with E-state index in [2.05, 4.69) is 18.7 Å². The zero-order chi connectivity index (χ0) is 17.6. The average molecular weight is 354 g/mol. The Morgan fingerprint density at radius 1 is 1.08 bits per heavy atom. The highest BCUT2D eigenvalue weighted by atomic mass is 35.5. The van der Waals surface area contributed by atoms with Crippen molar-refractivity contribution in [3.8, 4) is 11.3 Å². The van der Waals surface area contributed by atoms with Crippen molar-refractivity contribution in [3.63, 3.8) is 0 Å². The highest BCUT2D eigenvalue weighted by Gasteiger charge is 2.30. The topological polar surface area (TPSA) is 38.1 Å². The Morgan fingerprint density at radius 3 is 2.56 bits per heavy atom. The zero-order valence-electron chi connectivity index (χ0n) is 14.4. The van der Waals surface area contributed by atoms with E-state index in [0.29, 0.717) is 16.1 Å². The summed E-state index contributed by atoms with van der Waals surface area (Å²) in [7, 11) is 0. The molecule has 0 fully saturated rings. The van der Waals surface area contributed by atoms with Crippen molar-refractivity contribution >= 4 is 28.3 Å². The van der Waals surface area contributed by atoms with Crippen LogP contribution < -0.4 is 0 Å². The van der Waals surface area contributed by atoms with Gasteiger partial charge in [0.2, 0.25) is 0 Å². The molecule has 1 aliphatic carbocycles. The number of hydrogen-bond donors (Lipinski definition) is 0. The van der Waals surface area contributed by atoms with Gasteiger partial charge in [0.25, 0.3) is 0 Å². The number of hydrogen-bond acceptors (Lipinski definition) is 3. The molecule has 0 radical (unpaired) electrons. The van der Waals surface area contributed by atoms with Gasteiger partial charge in [0, 0.05) is 23.1 Å². The lowest BCUT2D eigenvalue weighted by Gasteiger charge is -2.17. The van der Waals surface area contributed by atoms with Gasteiger partial charge in [0.15, 0.2) is 5.78 Å². The van der Waals surface area contributed by atoms with Gasteiger partial charge in [-0.2, -0.15) is 5.10 Å². The summed E-state index contributed by atoms with van der Waals surface area (Å²) in [6.45, 7) is 8.10. The molecule has 0 unspecified atom stereocenters. The summed E-state index contributed by atoms with van der Waals surface area (Å²) in [5.41, 5.74) is 3.98. The first-order valence-corrected chi connectivity index (χ1v) is 9.09. The van der Waals surface area contributed by atoms with E-state index in [1.807, 2.05) is 35.0 Å². The van der Waals surface area contributed by atoms with E-state index in [1.165, 1.54) is 0 Å². The summed E-state index contributed by atoms with van der Waals surface area (Å²) in [4.78, 5) is 15.3. The summed E-state index contributed by atoms with van der Waals surface area (Å²) in [6, 6.07) is 11.4. The molecule has 3 aromatic rings. The van der Waals surface area contributed by atoms with Gasteiger partial charge in [-0.15, -0.1) is 0 Å². The molecule has 0 saturated heterocycles. The van der Waals surface area contributed by atoms with Crippen LogP contribution in [-0.4, -0.2) is 40.1 Å². The second-order valence-electron chi connectivity index (χ2n) is 6.29. The molecule has 4 nitrogen and oxygen atoms in total. The number of benzene rings is 2. The predicted octanol–water partition coefficient (Wildman–Crippen LogP) is 4.24. The summed E-state index contributed by atoms with van der Waals surface area (Å²) >= 11 is 6.32. The van der Waals surface area contributed by atoms with E-state index in [1.54, 1.807) is 6.07 Å². The molecule has 0 saturated carbocycles. The van der Waals surface area contributed by atoms with Crippen LogP contribution in [0.5, 0.6) is 0 Å². The third-order valence-electron chi connectivity index (χ3n) is 5.04. The van der Waals surface area contributed by atoms with E-state index >= 15 is 0 Å². The molecule has 0 N–H and O–H groups in total. The Kier molecular flexibility index (Phi) is 4.10. The van der Waals surface area contributed by atoms with Crippen LogP contribution in [0.25, 0.3) is 22.2 Å². The van der Waals surface area contributed by atoms with Crippen molar-refractivity contribution in [1.82, 2.24) is 14.7 Å². The van der Waals surface area contributed by atoms with Gasteiger partial charge in [-0.3, -0.25) is 9.48 Å². The first kappa shape index (κ1) is 16.3. The van der Waals surface area contributed by atoms with Crippen LogP contribution in [0.4, 0.5) is 0 Å². The Labute approximate surface area is 152 Å². The van der Waals surface area contributed by atoms with Crippen LogP contribution in [-0.2, 0) is 6.54 Å². The van der Waals surface area contributed by atoms with Crippen LogP contribution in [0.2, 0.25) is 5.02 Å². The number of rotatable bonds is 5. The summed E-state index contributed by atoms with van der Waals surface area (Å²) in [5, 5.41) is 6.29. The molecule has 1 aromatic heterocycles. The SMILES string of the molecule is CCN(CC)CCn1nc2c3c(cccc31)C(=O)c1c(Cl)cccc1-2. The lowest BCUT2D eigenvalue weighted by Crippen LogP contribution is -2.27. The number of aromatic nitrogens is 2. The van der Waals surface area contributed by atoms with E-state index in [-0.39, 0.29) is 5.78 Å². The minimum Gasteiger partial charge on any atom is -0.302 e. The van der Waals surface area contributed by atoms with Crippen LogP contribution in [0, 0.1) is 0 Å². The van der Waals surface area contributed by atoms with Crippen molar-refractivity contribution in [1.29, 1.82) is 0 Å². The molecule has 2 aromatic carbocycles. The van der Waals surface area contributed by atoms with Gasteiger partial charge >= 0.3 is 0 Å². The fourth-order valence-corrected chi connectivity index (χ4v) is 3.90. The van der Waals surface area contributed by atoms with Gasteiger partial charge < -0.3 is 4.90 Å². The second kappa shape index (κ2) is 6.28. The van der Waals surface area contributed by atoms with Crippen LogP contribution >= 0.6 is 11.6 Å². The normalized spacial score (nSPS) is 12.9. The van der Waals surface area contributed by atoms with Crippen LogP contribution in [0.15, 0.2) is 36.4 Å². The van der Waals surface area contributed by atoms with Crippen LogP contribution in [0.1, 0.15) is 29.8 Å². The summed E-state index contributed by atoms with van der Waals surface area (Å²) < 4.78 is 2.02. The highest BCUT2D eigenvalue weighted by Crippen LogP contribution is 2.41. The van der Waals surface area contributed by atoms with Gasteiger partial charge in [-0.1, -0.05) is 49.7 Å². The van der Waals surface area contributed by atoms with Crippen molar-refractivity contribution in [2.75, 3.05) is 19.6 Å². The quantitative estimate of drug-likeness (QED) is 0.538. The molecule has 1 aliphatic rings. The monoisotopic (exact) mass is 353 g/mol. The third-order valence-corrected chi connectivity index (χ3v) is 5.36. The lowest BCUT2D eigenvalue weighted by atomic mass is 9.87. The molecule has 4 rings (SSSR count). The van der Waals surface area contributed by atoms with E-state index in [0.717, 1.165) is 48.3 Å². The Balaban J connectivity index is 1.88. The lowest BCUT2D eigenvalue weighted by molar-refractivity contribution is 0.104. The van der Waals surface area contributed by atoms with Crippen molar-refractivity contribution in [2.45, 2.75) is 20.4 Å². The largest absolute Gasteiger partial charge is 0.302 e. The average Bonchev–Trinajstić information content (AvgIpc) is 3.00. The minimum atomic E-state index is -0.0120. The number of carbonyl (C=O) groups excluding carboxylic acids is 1. The molecule has 5 heteroatoms. The molecule has 0 bridgehead atoms. The van der Waals surface area contributed by atoms with E-state index < -0.39 is 0 Å². The summed E-state index contributed by atoms with van der Waals surface area (Å²) in [5.74, 6) is -0.0120. The van der Waals surface area contributed by atoms with E-state index in [9.17, 15) is 4.79 Å². The van der Waals surface area contributed by atoms with Gasteiger partial charge in [-0.05, 0) is 25.2 Å². The molecule has 128 valence electrons. The number of nitrogens with zero attached hydrogens (tertiary/aromatic N) is 3. The molecule has 1 heterocycles. The first-order chi connectivity index (χ1) is 12.2. The minimum absolute atomic E-state index is 0.0120. The highest BCUT2D eigenvalue weighted by molar-refractivity contribution is 6.38. The first-order valence-electron chi connectivity index (χ1n) is 8.71. The van der Waals surface area contributed by atoms with Crippen molar-refractivity contribution < 1.29 is 4.79 Å². The molecular formula is C20H20ClN3O. The molecule has 0 aliphatic heterocycles. The third kappa shape index (κ3) is 2.48. The van der Waals surface area contributed by atoms with E-state index in [4.69, 9.17) is 16.7 Å². The number of ketones is 1. The maximum atomic E-state index is 13.0. The van der Waals surface area contributed by atoms with Crippen molar-refractivity contribution in [3.05, 3.63) is 52.5 Å². The molecule has 25 heavy (non-hydrogen) atoms. The molecular weight excluding hydrogens is 334 g/mol. The fourth-order valence-electron chi connectivity index (χ4n) is 3.64. The van der Waals surface area contributed by atoms with Crippen molar-refractivity contribution in [2.24, 2.45) is 0 Å². The maximum Gasteiger partial charge on any atom is 0.195 e. The second-order valence-corrected chi connectivity index (χ2v) is 6.70. The number of halogens is 1.